The minimum absolute atomic E-state index is 0.0309. The van der Waals surface area contributed by atoms with E-state index in [0.717, 1.165) is 11.3 Å². The zero-order valence-electron chi connectivity index (χ0n) is 13.4. The van der Waals surface area contributed by atoms with Crippen LogP contribution in [0.3, 0.4) is 0 Å². The lowest BCUT2D eigenvalue weighted by atomic mass is 9.85. The zero-order valence-corrected chi connectivity index (χ0v) is 14.2. The van der Waals surface area contributed by atoms with Gasteiger partial charge in [0.1, 0.15) is 6.54 Å². The molecular formula is C15H21N3O5S. The number of amides is 3. The summed E-state index contributed by atoms with van der Waals surface area (Å²) >= 11 is 0. The van der Waals surface area contributed by atoms with Gasteiger partial charge in [0.15, 0.2) is 0 Å². The van der Waals surface area contributed by atoms with Gasteiger partial charge in [0.2, 0.25) is 27.7 Å². The number of nitrogens with one attached hydrogen (secondary N) is 2. The van der Waals surface area contributed by atoms with Crippen molar-refractivity contribution in [3.8, 4) is 0 Å². The molecule has 1 heterocycles. The van der Waals surface area contributed by atoms with E-state index in [1.165, 1.54) is 6.92 Å². The highest BCUT2D eigenvalue weighted by Gasteiger charge is 2.59. The van der Waals surface area contributed by atoms with Crippen LogP contribution in [0.2, 0.25) is 0 Å². The zero-order chi connectivity index (χ0) is 17.5. The minimum Gasteiger partial charge on any atom is -0.353 e. The molecule has 8 nitrogen and oxygen atoms in total. The average Bonchev–Trinajstić information content (AvgIpc) is 3.21. The number of rotatable bonds is 7. The molecule has 3 aliphatic rings. The Morgan fingerprint density at radius 2 is 1.75 bits per heavy atom. The van der Waals surface area contributed by atoms with Crippen LogP contribution >= 0.6 is 0 Å². The van der Waals surface area contributed by atoms with E-state index >= 15 is 0 Å². The number of likely N-dealkylation sites (tertiary alicyclic amines) is 1. The largest absolute Gasteiger partial charge is 0.353 e. The Labute approximate surface area is 140 Å². The molecule has 0 aromatic rings. The monoisotopic (exact) mass is 355 g/mol. The van der Waals surface area contributed by atoms with E-state index in [0.29, 0.717) is 0 Å². The molecular weight excluding hydrogens is 334 g/mol. The lowest BCUT2D eigenvalue weighted by Gasteiger charge is -2.16. The average molecular weight is 355 g/mol. The van der Waals surface area contributed by atoms with Gasteiger partial charge in [0, 0.05) is 13.1 Å². The highest BCUT2D eigenvalue weighted by Crippen LogP contribution is 2.52. The molecule has 0 spiro atoms. The first-order chi connectivity index (χ1) is 11.3. The SMILES string of the molecule is CCS(=O)(=O)NCCNC(=O)CN1C(=O)[C@@H]2[C@H](C1=O)[C@H]1C=C[C@H]2C1. The van der Waals surface area contributed by atoms with Gasteiger partial charge in [-0.1, -0.05) is 12.2 Å². The summed E-state index contributed by atoms with van der Waals surface area (Å²) in [7, 11) is -3.30. The summed E-state index contributed by atoms with van der Waals surface area (Å²) in [4.78, 5) is 37.8. The molecule has 2 bridgehead atoms. The summed E-state index contributed by atoms with van der Waals surface area (Å²) in [6, 6.07) is 0. The van der Waals surface area contributed by atoms with Crippen LogP contribution in [-0.4, -0.2) is 56.4 Å². The van der Waals surface area contributed by atoms with Gasteiger partial charge in [-0.3, -0.25) is 19.3 Å². The fraction of sp³-hybridized carbons (Fsp3) is 0.667. The Kier molecular flexibility index (Phi) is 4.48. The molecule has 1 aliphatic heterocycles. The normalized spacial score (nSPS) is 31.0. The summed E-state index contributed by atoms with van der Waals surface area (Å²) in [6.45, 7) is 1.39. The van der Waals surface area contributed by atoms with Crippen molar-refractivity contribution in [1.82, 2.24) is 14.9 Å². The summed E-state index contributed by atoms with van der Waals surface area (Å²) < 4.78 is 24.9. The van der Waals surface area contributed by atoms with Crippen molar-refractivity contribution in [1.29, 1.82) is 0 Å². The number of hydrogen-bond donors (Lipinski definition) is 2. The fourth-order valence-electron chi connectivity index (χ4n) is 3.83. The molecule has 3 amide bonds. The van der Waals surface area contributed by atoms with E-state index in [1.54, 1.807) is 0 Å². The van der Waals surface area contributed by atoms with Gasteiger partial charge in [-0.15, -0.1) is 0 Å². The third kappa shape index (κ3) is 2.98. The molecule has 2 aliphatic carbocycles. The van der Waals surface area contributed by atoms with Crippen LogP contribution in [0.15, 0.2) is 12.2 Å². The van der Waals surface area contributed by atoms with Gasteiger partial charge in [-0.05, 0) is 25.2 Å². The van der Waals surface area contributed by atoms with Gasteiger partial charge in [-0.2, -0.15) is 0 Å². The van der Waals surface area contributed by atoms with Gasteiger partial charge >= 0.3 is 0 Å². The number of nitrogens with zero attached hydrogens (tertiary/aromatic N) is 1. The second kappa shape index (κ2) is 6.29. The Balaban J connectivity index is 1.49. The van der Waals surface area contributed by atoms with Gasteiger partial charge in [-0.25, -0.2) is 13.1 Å². The number of fused-ring (bicyclic) bond motifs is 5. The molecule has 0 radical (unpaired) electrons. The molecule has 1 saturated carbocycles. The highest BCUT2D eigenvalue weighted by atomic mass is 32.2. The molecule has 24 heavy (non-hydrogen) atoms. The number of hydrogen-bond acceptors (Lipinski definition) is 5. The smallest absolute Gasteiger partial charge is 0.240 e. The Bertz CT molecular complexity index is 672. The van der Waals surface area contributed by atoms with Crippen molar-refractivity contribution in [3.63, 3.8) is 0 Å². The van der Waals surface area contributed by atoms with E-state index in [-0.39, 0.29) is 60.9 Å². The highest BCUT2D eigenvalue weighted by molar-refractivity contribution is 7.89. The molecule has 9 heteroatoms. The molecule has 0 unspecified atom stereocenters. The maximum Gasteiger partial charge on any atom is 0.240 e. The topological polar surface area (TPSA) is 113 Å². The van der Waals surface area contributed by atoms with Crippen molar-refractivity contribution in [2.45, 2.75) is 13.3 Å². The lowest BCUT2D eigenvalue weighted by molar-refractivity contribution is -0.144. The van der Waals surface area contributed by atoms with E-state index in [2.05, 4.69) is 10.0 Å². The number of imide groups is 1. The van der Waals surface area contributed by atoms with Crippen molar-refractivity contribution in [3.05, 3.63) is 12.2 Å². The van der Waals surface area contributed by atoms with E-state index < -0.39 is 15.9 Å². The first-order valence-electron chi connectivity index (χ1n) is 8.11. The molecule has 1 saturated heterocycles. The molecule has 3 rings (SSSR count). The van der Waals surface area contributed by atoms with Crippen LogP contribution in [0.25, 0.3) is 0 Å². The predicted molar refractivity (Wildman–Crippen MR) is 84.9 cm³/mol. The lowest BCUT2D eigenvalue weighted by Crippen LogP contribution is -2.43. The van der Waals surface area contributed by atoms with Crippen LogP contribution in [0.5, 0.6) is 0 Å². The van der Waals surface area contributed by atoms with Crippen molar-refractivity contribution < 1.29 is 22.8 Å². The van der Waals surface area contributed by atoms with Crippen molar-refractivity contribution >= 4 is 27.7 Å². The molecule has 0 aromatic heterocycles. The van der Waals surface area contributed by atoms with E-state index in [4.69, 9.17) is 0 Å². The molecule has 2 fully saturated rings. The van der Waals surface area contributed by atoms with Crippen LogP contribution in [0.1, 0.15) is 13.3 Å². The second-order valence-corrected chi connectivity index (χ2v) is 8.51. The number of carbonyl (C=O) groups excluding carboxylic acids is 3. The van der Waals surface area contributed by atoms with Crippen LogP contribution in [0.4, 0.5) is 0 Å². The van der Waals surface area contributed by atoms with E-state index in [1.807, 2.05) is 12.2 Å². The van der Waals surface area contributed by atoms with E-state index in [9.17, 15) is 22.8 Å². The van der Waals surface area contributed by atoms with Crippen LogP contribution in [-0.2, 0) is 24.4 Å². The number of allylic oxidation sites excluding steroid dienone is 2. The predicted octanol–water partition coefficient (Wildman–Crippen LogP) is -1.15. The minimum atomic E-state index is -3.30. The maximum atomic E-state index is 12.4. The van der Waals surface area contributed by atoms with Gasteiger partial charge in [0.25, 0.3) is 0 Å². The summed E-state index contributed by atoms with van der Waals surface area (Å²) in [5.41, 5.74) is 0. The van der Waals surface area contributed by atoms with Crippen molar-refractivity contribution in [2.75, 3.05) is 25.4 Å². The third-order valence-corrected chi connectivity index (χ3v) is 6.42. The van der Waals surface area contributed by atoms with Crippen LogP contribution < -0.4 is 10.0 Å². The molecule has 2 N–H and O–H groups in total. The Morgan fingerprint density at radius 1 is 1.17 bits per heavy atom. The second-order valence-electron chi connectivity index (χ2n) is 6.41. The summed E-state index contributed by atoms with van der Waals surface area (Å²) in [5, 5.41) is 2.52. The molecule has 132 valence electrons. The number of carbonyl (C=O) groups is 3. The quantitative estimate of drug-likeness (QED) is 0.340. The van der Waals surface area contributed by atoms with Gasteiger partial charge < -0.3 is 5.32 Å². The summed E-state index contributed by atoms with van der Waals surface area (Å²) in [5.74, 6) is -1.40. The first kappa shape index (κ1) is 17.1. The van der Waals surface area contributed by atoms with Crippen LogP contribution in [0, 0.1) is 23.7 Å². The first-order valence-corrected chi connectivity index (χ1v) is 9.77. The number of sulfonamides is 1. The van der Waals surface area contributed by atoms with Gasteiger partial charge in [0.05, 0.1) is 17.6 Å². The standard InChI is InChI=1S/C15H21N3O5S/c1-2-24(22,23)17-6-5-16-11(19)8-18-14(20)12-9-3-4-10(7-9)13(12)15(18)21/h3-4,9-10,12-13,17H,2,5-8H2,1H3,(H,16,19)/t9-,10-,12-,13+/m0/s1. The Hall–Kier alpha value is -1.74. The summed E-state index contributed by atoms with van der Waals surface area (Å²) in [6.07, 6.45) is 4.85. The third-order valence-electron chi connectivity index (χ3n) is 5.01. The fourth-order valence-corrected chi connectivity index (χ4v) is 4.45. The Morgan fingerprint density at radius 3 is 2.29 bits per heavy atom. The molecule has 4 atom stereocenters. The maximum absolute atomic E-state index is 12.4. The molecule has 0 aromatic carbocycles. The van der Waals surface area contributed by atoms with Crippen molar-refractivity contribution in [2.24, 2.45) is 23.7 Å².